The summed E-state index contributed by atoms with van der Waals surface area (Å²) in [5.41, 5.74) is 0.130. The first-order valence-corrected chi connectivity index (χ1v) is 5.92. The molecule has 0 N–H and O–H groups in total. The van der Waals surface area contributed by atoms with Crippen molar-refractivity contribution in [3.8, 4) is 6.07 Å². The van der Waals surface area contributed by atoms with Gasteiger partial charge in [0.2, 0.25) is 0 Å². The molecule has 2 aromatic carbocycles. The molecule has 0 saturated heterocycles. The maximum absolute atomic E-state index is 14.0. The molecule has 2 rings (SSSR count). The van der Waals surface area contributed by atoms with Gasteiger partial charge >= 0.3 is 0 Å². The standard InChI is InChI=1S/C14H7BrFNO/c15-11-7-6-10(8-17)13(16)12(11)14(18)9-4-2-1-3-5-9/h1-7H. The molecule has 18 heavy (non-hydrogen) atoms. The van der Waals surface area contributed by atoms with Crippen LogP contribution in [0.25, 0.3) is 0 Å². The van der Waals surface area contributed by atoms with Gasteiger partial charge in [0.15, 0.2) is 11.6 Å². The number of hydrogen-bond acceptors (Lipinski definition) is 2. The van der Waals surface area contributed by atoms with Gasteiger partial charge in [0.1, 0.15) is 6.07 Å². The van der Waals surface area contributed by atoms with Crippen molar-refractivity contribution in [3.63, 3.8) is 0 Å². The Morgan fingerprint density at radius 1 is 1.17 bits per heavy atom. The number of halogens is 2. The highest BCUT2D eigenvalue weighted by molar-refractivity contribution is 9.10. The summed E-state index contributed by atoms with van der Waals surface area (Å²) in [5.74, 6) is -1.24. The van der Waals surface area contributed by atoms with E-state index in [4.69, 9.17) is 5.26 Å². The Hall–Kier alpha value is -1.99. The van der Waals surface area contributed by atoms with Crippen LogP contribution in [0.4, 0.5) is 4.39 Å². The molecule has 0 aliphatic carbocycles. The zero-order valence-corrected chi connectivity index (χ0v) is 10.7. The topological polar surface area (TPSA) is 40.9 Å². The second-order valence-electron chi connectivity index (χ2n) is 3.59. The van der Waals surface area contributed by atoms with Crippen molar-refractivity contribution in [1.29, 1.82) is 5.26 Å². The summed E-state index contributed by atoms with van der Waals surface area (Å²) >= 11 is 3.14. The van der Waals surface area contributed by atoms with Gasteiger partial charge in [-0.2, -0.15) is 5.26 Å². The largest absolute Gasteiger partial charge is 0.288 e. The van der Waals surface area contributed by atoms with Crippen LogP contribution in [-0.2, 0) is 0 Å². The molecule has 0 heterocycles. The smallest absolute Gasteiger partial charge is 0.197 e. The Morgan fingerprint density at radius 2 is 1.83 bits per heavy atom. The molecule has 0 spiro atoms. The highest BCUT2D eigenvalue weighted by Gasteiger charge is 2.20. The zero-order valence-electron chi connectivity index (χ0n) is 9.15. The lowest BCUT2D eigenvalue weighted by Gasteiger charge is -2.06. The fraction of sp³-hybridized carbons (Fsp3) is 0. The molecular weight excluding hydrogens is 297 g/mol. The molecule has 0 aliphatic rings. The first kappa shape index (κ1) is 12.5. The van der Waals surface area contributed by atoms with Crippen LogP contribution in [-0.4, -0.2) is 5.78 Å². The molecule has 0 aliphatic heterocycles. The fourth-order valence-corrected chi connectivity index (χ4v) is 2.07. The molecule has 0 bridgehead atoms. The van der Waals surface area contributed by atoms with Gasteiger partial charge in [-0.15, -0.1) is 0 Å². The summed E-state index contributed by atoms with van der Waals surface area (Å²) in [6.45, 7) is 0. The van der Waals surface area contributed by atoms with E-state index < -0.39 is 11.6 Å². The molecule has 0 unspecified atom stereocenters. The van der Waals surface area contributed by atoms with Gasteiger partial charge in [0.25, 0.3) is 0 Å². The summed E-state index contributed by atoms with van der Waals surface area (Å²) < 4.78 is 14.3. The average Bonchev–Trinajstić information content (AvgIpc) is 2.40. The molecule has 0 saturated carbocycles. The van der Waals surface area contributed by atoms with E-state index in [1.54, 1.807) is 36.4 Å². The van der Waals surface area contributed by atoms with E-state index in [0.717, 1.165) is 0 Å². The van der Waals surface area contributed by atoms with Crippen LogP contribution in [0.5, 0.6) is 0 Å². The van der Waals surface area contributed by atoms with Crippen molar-refractivity contribution in [2.75, 3.05) is 0 Å². The first-order valence-electron chi connectivity index (χ1n) is 5.13. The van der Waals surface area contributed by atoms with Gasteiger partial charge in [0.05, 0.1) is 11.1 Å². The molecule has 0 amide bonds. The fourth-order valence-electron chi connectivity index (χ4n) is 1.58. The lowest BCUT2D eigenvalue weighted by Crippen LogP contribution is -2.06. The Kier molecular flexibility index (Phi) is 3.54. The zero-order chi connectivity index (χ0) is 13.1. The normalized spacial score (nSPS) is 9.83. The van der Waals surface area contributed by atoms with Crippen molar-refractivity contribution >= 4 is 21.7 Å². The molecule has 2 aromatic rings. The van der Waals surface area contributed by atoms with Gasteiger partial charge in [-0.25, -0.2) is 4.39 Å². The second kappa shape index (κ2) is 5.11. The van der Waals surface area contributed by atoms with Gasteiger partial charge < -0.3 is 0 Å². The third-order valence-corrected chi connectivity index (χ3v) is 3.14. The minimum Gasteiger partial charge on any atom is -0.288 e. The predicted molar refractivity (Wildman–Crippen MR) is 68.7 cm³/mol. The number of nitriles is 1. The molecule has 0 fully saturated rings. The van der Waals surface area contributed by atoms with E-state index in [1.807, 2.05) is 0 Å². The van der Waals surface area contributed by atoms with Crippen LogP contribution in [0, 0.1) is 17.1 Å². The van der Waals surface area contributed by atoms with E-state index in [-0.39, 0.29) is 11.1 Å². The number of ketones is 1. The van der Waals surface area contributed by atoms with E-state index in [0.29, 0.717) is 10.0 Å². The first-order chi connectivity index (χ1) is 8.65. The molecule has 88 valence electrons. The summed E-state index contributed by atoms with van der Waals surface area (Å²) in [7, 11) is 0. The van der Waals surface area contributed by atoms with Crippen molar-refractivity contribution < 1.29 is 9.18 Å². The van der Waals surface area contributed by atoms with E-state index in [9.17, 15) is 9.18 Å². The van der Waals surface area contributed by atoms with Gasteiger partial charge in [-0.05, 0) is 28.1 Å². The van der Waals surface area contributed by atoms with Crippen molar-refractivity contribution in [2.24, 2.45) is 0 Å². The van der Waals surface area contributed by atoms with Crippen LogP contribution in [0.1, 0.15) is 21.5 Å². The van der Waals surface area contributed by atoms with Crippen LogP contribution < -0.4 is 0 Å². The molecule has 2 nitrogen and oxygen atoms in total. The number of hydrogen-bond donors (Lipinski definition) is 0. The molecule has 0 atom stereocenters. The number of nitrogens with zero attached hydrogens (tertiary/aromatic N) is 1. The second-order valence-corrected chi connectivity index (χ2v) is 4.45. The Bertz CT molecular complexity index is 647. The molecule has 0 radical (unpaired) electrons. The van der Waals surface area contributed by atoms with Crippen LogP contribution >= 0.6 is 15.9 Å². The summed E-state index contributed by atoms with van der Waals surface area (Å²) in [5, 5.41) is 8.77. The lowest BCUT2D eigenvalue weighted by atomic mass is 10.0. The maximum Gasteiger partial charge on any atom is 0.197 e. The van der Waals surface area contributed by atoms with E-state index in [2.05, 4.69) is 15.9 Å². The number of benzene rings is 2. The quantitative estimate of drug-likeness (QED) is 0.794. The monoisotopic (exact) mass is 303 g/mol. The highest BCUT2D eigenvalue weighted by Crippen LogP contribution is 2.25. The number of carbonyl (C=O) groups excluding carboxylic acids is 1. The van der Waals surface area contributed by atoms with Gasteiger partial charge in [0, 0.05) is 10.0 Å². The van der Waals surface area contributed by atoms with E-state index in [1.165, 1.54) is 12.1 Å². The van der Waals surface area contributed by atoms with Crippen LogP contribution in [0.15, 0.2) is 46.9 Å². The maximum atomic E-state index is 14.0. The van der Waals surface area contributed by atoms with Crippen molar-refractivity contribution in [1.82, 2.24) is 0 Å². The van der Waals surface area contributed by atoms with E-state index >= 15 is 0 Å². The molecular formula is C14H7BrFNO. The predicted octanol–water partition coefficient (Wildman–Crippen LogP) is 3.69. The molecule has 4 heteroatoms. The van der Waals surface area contributed by atoms with Crippen LogP contribution in [0.2, 0.25) is 0 Å². The van der Waals surface area contributed by atoms with Crippen LogP contribution in [0.3, 0.4) is 0 Å². The summed E-state index contributed by atoms with van der Waals surface area (Å²) in [6, 6.07) is 12.9. The third kappa shape index (κ3) is 2.18. The average molecular weight is 304 g/mol. The van der Waals surface area contributed by atoms with Gasteiger partial charge in [-0.1, -0.05) is 30.3 Å². The Labute approximate surface area is 112 Å². The lowest BCUT2D eigenvalue weighted by molar-refractivity contribution is 0.103. The summed E-state index contributed by atoms with van der Waals surface area (Å²) in [4.78, 5) is 12.2. The minimum absolute atomic E-state index is 0.111. The number of carbonyl (C=O) groups is 1. The highest BCUT2D eigenvalue weighted by atomic mass is 79.9. The van der Waals surface area contributed by atoms with Crippen molar-refractivity contribution in [2.45, 2.75) is 0 Å². The Balaban J connectivity index is 2.59. The SMILES string of the molecule is N#Cc1ccc(Br)c(C(=O)c2ccccc2)c1F. The van der Waals surface area contributed by atoms with Gasteiger partial charge in [-0.3, -0.25) is 4.79 Å². The minimum atomic E-state index is -0.791. The summed E-state index contributed by atoms with van der Waals surface area (Å²) in [6.07, 6.45) is 0. The van der Waals surface area contributed by atoms with Crippen molar-refractivity contribution in [3.05, 3.63) is 69.4 Å². The Morgan fingerprint density at radius 3 is 2.44 bits per heavy atom. The molecule has 0 aromatic heterocycles. The third-order valence-electron chi connectivity index (χ3n) is 2.47. The number of rotatable bonds is 2.